The first-order chi connectivity index (χ1) is 17.3. The number of carbonyl (C=O) groups excluding carboxylic acids is 2. The number of ether oxygens (including phenoxy) is 1. The number of nitrogens with zero attached hydrogens (tertiary/aromatic N) is 2. The average Bonchev–Trinajstić information content (AvgIpc) is 3.22. The summed E-state index contributed by atoms with van der Waals surface area (Å²) in [7, 11) is 1.61. The van der Waals surface area contributed by atoms with E-state index in [0.29, 0.717) is 16.3 Å². The minimum absolute atomic E-state index is 0.120. The van der Waals surface area contributed by atoms with Crippen molar-refractivity contribution in [3.63, 3.8) is 0 Å². The molecule has 1 atom stereocenters. The Morgan fingerprint density at radius 2 is 1.72 bits per heavy atom. The number of carbonyl (C=O) groups is 2. The van der Waals surface area contributed by atoms with Gasteiger partial charge in [0, 0.05) is 11.7 Å². The molecule has 0 bridgehead atoms. The number of benzene rings is 2. The lowest BCUT2D eigenvalue weighted by molar-refractivity contribution is -0.123. The fourth-order valence-electron chi connectivity index (χ4n) is 4.93. The summed E-state index contributed by atoms with van der Waals surface area (Å²) in [5, 5.41) is 4.10. The fraction of sp³-hybridized carbons (Fsp3) is 0.414. The number of hydrogen-bond acceptors (Lipinski definition) is 5. The summed E-state index contributed by atoms with van der Waals surface area (Å²) in [6, 6.07) is 12.6. The highest BCUT2D eigenvalue weighted by molar-refractivity contribution is 7.13. The number of methoxy groups -OCH3 is 1. The maximum Gasteiger partial charge on any atom is 0.271 e. The summed E-state index contributed by atoms with van der Waals surface area (Å²) >= 11 is 1.37. The van der Waals surface area contributed by atoms with Crippen LogP contribution >= 0.6 is 11.3 Å². The third-order valence-corrected chi connectivity index (χ3v) is 8.10. The van der Waals surface area contributed by atoms with Gasteiger partial charge < -0.3 is 10.1 Å². The molecular formula is C29H35N3O3S. The minimum atomic E-state index is -0.840. The molecule has 36 heavy (non-hydrogen) atoms. The number of thiazole rings is 1. The number of aryl methyl sites for hydroxylation is 3. The van der Waals surface area contributed by atoms with Crippen LogP contribution in [0.5, 0.6) is 5.75 Å². The van der Waals surface area contributed by atoms with Gasteiger partial charge in [0.2, 0.25) is 5.91 Å². The lowest BCUT2D eigenvalue weighted by Gasteiger charge is -2.34. The molecule has 4 rings (SSSR count). The highest BCUT2D eigenvalue weighted by Gasteiger charge is 2.36. The topological polar surface area (TPSA) is 71.5 Å². The molecule has 3 aromatic rings. The minimum Gasteiger partial charge on any atom is -0.497 e. The van der Waals surface area contributed by atoms with Gasteiger partial charge in [-0.25, -0.2) is 4.98 Å². The van der Waals surface area contributed by atoms with E-state index in [2.05, 4.69) is 10.3 Å². The first-order valence-electron chi connectivity index (χ1n) is 12.6. The van der Waals surface area contributed by atoms with Crippen molar-refractivity contribution in [3.05, 3.63) is 74.7 Å². The second kappa shape index (κ2) is 11.2. The van der Waals surface area contributed by atoms with Crippen LogP contribution in [0.3, 0.4) is 0 Å². The molecule has 1 aromatic heterocycles. The molecule has 190 valence electrons. The lowest BCUT2D eigenvalue weighted by Crippen LogP contribution is -2.47. The molecular weight excluding hydrogens is 470 g/mol. The second-order valence-corrected chi connectivity index (χ2v) is 10.8. The molecule has 2 amide bonds. The summed E-state index contributed by atoms with van der Waals surface area (Å²) in [6.45, 7) is 7.77. The third-order valence-electron chi connectivity index (χ3n) is 7.04. The van der Waals surface area contributed by atoms with Crippen LogP contribution in [0, 0.1) is 27.7 Å². The molecule has 2 aromatic carbocycles. The van der Waals surface area contributed by atoms with E-state index in [-0.39, 0.29) is 17.9 Å². The normalized spacial score (nSPS) is 14.8. The largest absolute Gasteiger partial charge is 0.497 e. The summed E-state index contributed by atoms with van der Waals surface area (Å²) in [5.74, 6) is 0.315. The Kier molecular flexibility index (Phi) is 8.09. The van der Waals surface area contributed by atoms with Gasteiger partial charge in [-0.05, 0) is 75.4 Å². The van der Waals surface area contributed by atoms with E-state index < -0.39 is 6.04 Å². The summed E-state index contributed by atoms with van der Waals surface area (Å²) < 4.78 is 5.36. The van der Waals surface area contributed by atoms with E-state index in [9.17, 15) is 9.59 Å². The zero-order chi connectivity index (χ0) is 25.8. The molecule has 1 aliphatic carbocycles. The summed E-state index contributed by atoms with van der Waals surface area (Å²) in [5.41, 5.74) is 4.17. The Balaban J connectivity index is 1.86. The highest BCUT2D eigenvalue weighted by atomic mass is 32.1. The molecule has 0 unspecified atom stereocenters. The molecule has 1 fully saturated rings. The van der Waals surface area contributed by atoms with Crippen molar-refractivity contribution in [2.75, 3.05) is 12.0 Å². The van der Waals surface area contributed by atoms with Gasteiger partial charge in [0.25, 0.3) is 5.91 Å². The summed E-state index contributed by atoms with van der Waals surface area (Å²) in [6.07, 6.45) is 5.34. The van der Waals surface area contributed by atoms with Crippen molar-refractivity contribution in [1.82, 2.24) is 10.3 Å². The molecule has 1 heterocycles. The van der Waals surface area contributed by atoms with Crippen LogP contribution in [0.25, 0.3) is 0 Å². The third kappa shape index (κ3) is 5.46. The van der Waals surface area contributed by atoms with Gasteiger partial charge in [-0.3, -0.25) is 14.5 Å². The average molecular weight is 506 g/mol. The zero-order valence-corrected chi connectivity index (χ0v) is 22.6. The fourth-order valence-corrected chi connectivity index (χ4v) is 5.79. The Morgan fingerprint density at radius 3 is 2.33 bits per heavy atom. The maximum absolute atomic E-state index is 14.3. The van der Waals surface area contributed by atoms with Gasteiger partial charge >= 0.3 is 0 Å². The molecule has 6 nitrogen and oxygen atoms in total. The molecule has 0 aliphatic heterocycles. The Labute approximate surface area is 217 Å². The Hall–Kier alpha value is -3.19. The second-order valence-electron chi connectivity index (χ2n) is 9.56. The molecule has 1 N–H and O–H groups in total. The number of rotatable bonds is 7. The van der Waals surface area contributed by atoms with Gasteiger partial charge in [-0.1, -0.05) is 43.5 Å². The Bertz CT molecular complexity index is 1230. The van der Waals surface area contributed by atoms with Crippen LogP contribution in [-0.4, -0.2) is 29.9 Å². The smallest absolute Gasteiger partial charge is 0.271 e. The molecule has 0 radical (unpaired) electrons. The number of nitrogens with one attached hydrogen (secondary N) is 1. The van der Waals surface area contributed by atoms with E-state index in [1.165, 1.54) is 17.8 Å². The Morgan fingerprint density at radius 1 is 1.03 bits per heavy atom. The van der Waals surface area contributed by atoms with Crippen molar-refractivity contribution in [2.45, 2.75) is 71.9 Å². The number of amides is 2. The van der Waals surface area contributed by atoms with Crippen molar-refractivity contribution in [3.8, 4) is 5.75 Å². The van der Waals surface area contributed by atoms with Crippen LogP contribution in [0.4, 0.5) is 5.69 Å². The molecule has 7 heteroatoms. The first-order valence-corrected chi connectivity index (χ1v) is 13.4. The van der Waals surface area contributed by atoms with Crippen LogP contribution in [0.2, 0.25) is 0 Å². The number of hydrogen-bond donors (Lipinski definition) is 1. The van der Waals surface area contributed by atoms with E-state index in [1.54, 1.807) is 12.0 Å². The van der Waals surface area contributed by atoms with Gasteiger partial charge in [0.15, 0.2) is 0 Å². The summed E-state index contributed by atoms with van der Waals surface area (Å²) in [4.78, 5) is 35.0. The zero-order valence-electron chi connectivity index (χ0n) is 21.8. The predicted octanol–water partition coefficient (Wildman–Crippen LogP) is 6.22. The standard InChI is InChI=1S/C29H35N3O3S/c1-18-10-9-13-25(19(18)2)32(29(34)27-20(3)30-21(4)36-27)26(22-14-16-24(35-5)17-15-22)28(33)31-23-11-7-6-8-12-23/h9-10,13-17,23,26H,6-8,11-12H2,1-5H3,(H,31,33)/t26-/m1/s1. The van der Waals surface area contributed by atoms with Gasteiger partial charge in [0.1, 0.15) is 16.7 Å². The number of anilines is 1. The predicted molar refractivity (Wildman–Crippen MR) is 145 cm³/mol. The van der Waals surface area contributed by atoms with Crippen molar-refractivity contribution in [1.29, 1.82) is 0 Å². The molecule has 1 saturated carbocycles. The first kappa shape index (κ1) is 25.9. The van der Waals surface area contributed by atoms with Gasteiger partial charge in [-0.2, -0.15) is 0 Å². The number of aromatic nitrogens is 1. The van der Waals surface area contributed by atoms with Gasteiger partial charge in [-0.15, -0.1) is 11.3 Å². The van der Waals surface area contributed by atoms with Crippen LogP contribution < -0.4 is 15.0 Å². The van der Waals surface area contributed by atoms with E-state index in [1.807, 2.05) is 70.2 Å². The van der Waals surface area contributed by atoms with E-state index in [0.717, 1.165) is 53.1 Å². The quantitative estimate of drug-likeness (QED) is 0.414. The SMILES string of the molecule is COc1ccc([C@H](C(=O)NC2CCCCC2)N(C(=O)c2sc(C)nc2C)c2cccc(C)c2C)cc1. The highest BCUT2D eigenvalue weighted by Crippen LogP contribution is 2.35. The van der Waals surface area contributed by atoms with Crippen LogP contribution in [0.15, 0.2) is 42.5 Å². The van der Waals surface area contributed by atoms with Crippen molar-refractivity contribution >= 4 is 28.8 Å². The monoisotopic (exact) mass is 505 g/mol. The molecule has 0 saturated heterocycles. The van der Waals surface area contributed by atoms with Crippen molar-refractivity contribution in [2.24, 2.45) is 0 Å². The van der Waals surface area contributed by atoms with E-state index in [4.69, 9.17) is 4.74 Å². The van der Waals surface area contributed by atoms with Crippen LogP contribution in [-0.2, 0) is 4.79 Å². The molecule has 0 spiro atoms. The van der Waals surface area contributed by atoms with Crippen molar-refractivity contribution < 1.29 is 14.3 Å². The lowest BCUT2D eigenvalue weighted by atomic mass is 9.94. The van der Waals surface area contributed by atoms with E-state index >= 15 is 0 Å². The maximum atomic E-state index is 14.3. The van der Waals surface area contributed by atoms with Gasteiger partial charge in [0.05, 0.1) is 17.8 Å². The molecule has 1 aliphatic rings. The van der Waals surface area contributed by atoms with Crippen LogP contribution in [0.1, 0.15) is 75.2 Å².